The summed E-state index contributed by atoms with van der Waals surface area (Å²) in [5.41, 5.74) is 7.23. The largest absolute Gasteiger partial charge is 0.494 e. The second-order valence-corrected chi connectivity index (χ2v) is 24.4. The van der Waals surface area contributed by atoms with Gasteiger partial charge in [-0.1, -0.05) is 152 Å². The van der Waals surface area contributed by atoms with Gasteiger partial charge in [-0.25, -0.2) is 0 Å². The highest BCUT2D eigenvalue weighted by Gasteiger charge is 2.30. The summed E-state index contributed by atoms with van der Waals surface area (Å²) in [6.07, 6.45) is 6.51. The normalized spacial score (nSPS) is 10.3. The van der Waals surface area contributed by atoms with Crippen LogP contribution in [0.25, 0.3) is 11.1 Å². The summed E-state index contributed by atoms with van der Waals surface area (Å²) in [5.74, 6) is 1.58. The van der Waals surface area contributed by atoms with E-state index in [0.29, 0.717) is 38.9 Å². The molecule has 0 aliphatic carbocycles. The van der Waals surface area contributed by atoms with Crippen LogP contribution in [0.2, 0.25) is 0 Å². The van der Waals surface area contributed by atoms with E-state index in [1.807, 2.05) is 73.7 Å². The van der Waals surface area contributed by atoms with Gasteiger partial charge in [-0.05, 0) is 268 Å². The van der Waals surface area contributed by atoms with Crippen LogP contribution in [-0.2, 0) is 11.6 Å². The Hall–Kier alpha value is -7.17. The van der Waals surface area contributed by atoms with Crippen LogP contribution in [0.3, 0.4) is 0 Å². The Balaban J connectivity index is 0.000000383. The molecule has 8 aromatic rings. The number of unbranched alkanes of at least 4 members (excludes halogenated alkanes) is 7. The second kappa shape index (κ2) is 46.1. The average molecular weight is 1480 g/mol. The van der Waals surface area contributed by atoms with Crippen LogP contribution >= 0.6 is 92.8 Å². The van der Waals surface area contributed by atoms with E-state index in [4.69, 9.17) is 102 Å². The highest BCUT2D eigenvalue weighted by atomic mass is 35.5. The molecule has 0 radical (unpaired) electrons. The fourth-order valence-electron chi connectivity index (χ4n) is 7.71. The minimum absolute atomic E-state index is 0.0506. The van der Waals surface area contributed by atoms with Crippen molar-refractivity contribution in [2.45, 2.75) is 111 Å². The zero-order valence-electron chi connectivity index (χ0n) is 53.6. The van der Waals surface area contributed by atoms with E-state index in [9.17, 15) is 51.5 Å². The number of alkyl halides is 3. The first-order valence-corrected chi connectivity index (χ1v) is 33.0. The van der Waals surface area contributed by atoms with Crippen molar-refractivity contribution in [3.8, 4) is 22.6 Å². The number of carbonyl (C=O) groups excluding carboxylic acids is 8. The number of benzene rings is 8. The molecular formula is C75H73Cl8F3O10. The molecule has 0 fully saturated rings. The fraction of sp³-hybridized carbons (Fsp3) is 0.253. The number of hydrogen-bond acceptors (Lipinski definition) is 10. The van der Waals surface area contributed by atoms with Crippen molar-refractivity contribution in [2.24, 2.45) is 0 Å². The highest BCUT2D eigenvalue weighted by molar-refractivity contribution is 6.70. The Morgan fingerprint density at radius 3 is 0.833 bits per heavy atom. The number of rotatable bonds is 22. The second-order valence-electron chi connectivity index (χ2n) is 21.7. The molecule has 96 heavy (non-hydrogen) atoms. The maximum absolute atomic E-state index is 12.0. The monoisotopic (exact) mass is 1470 g/mol. The summed E-state index contributed by atoms with van der Waals surface area (Å²) in [6, 6.07) is 55.1. The molecule has 0 aliphatic heterocycles. The van der Waals surface area contributed by atoms with Crippen molar-refractivity contribution in [1.82, 2.24) is 0 Å². The molecule has 0 amide bonds. The highest BCUT2D eigenvalue weighted by Crippen LogP contribution is 2.29. The van der Waals surface area contributed by atoms with Crippen LogP contribution in [0.4, 0.5) is 13.2 Å². The van der Waals surface area contributed by atoms with Crippen molar-refractivity contribution in [2.75, 3.05) is 13.2 Å². The third-order valence-electron chi connectivity index (χ3n) is 13.2. The molecule has 0 saturated carbocycles. The molecule has 0 spiro atoms. The van der Waals surface area contributed by atoms with Gasteiger partial charge in [-0.3, -0.25) is 38.4 Å². The first-order valence-electron chi connectivity index (χ1n) is 30.0. The van der Waals surface area contributed by atoms with E-state index in [1.165, 1.54) is 74.8 Å². The number of carbonyl (C=O) groups is 8. The van der Waals surface area contributed by atoms with E-state index in [-0.39, 0.29) is 11.0 Å². The van der Waals surface area contributed by atoms with Crippen LogP contribution in [0.1, 0.15) is 192 Å². The van der Waals surface area contributed by atoms with Crippen LogP contribution in [0, 0.1) is 6.92 Å². The molecule has 10 nitrogen and oxygen atoms in total. The molecule has 0 bridgehead atoms. The van der Waals surface area contributed by atoms with Crippen LogP contribution < -0.4 is 9.47 Å². The molecule has 0 unspecified atom stereocenters. The Morgan fingerprint density at radius 1 is 0.312 bits per heavy atom. The van der Waals surface area contributed by atoms with Gasteiger partial charge >= 0.3 is 6.18 Å². The zero-order valence-corrected chi connectivity index (χ0v) is 59.6. The summed E-state index contributed by atoms with van der Waals surface area (Å²) >= 11 is 42.0. The predicted molar refractivity (Wildman–Crippen MR) is 384 cm³/mol. The molecule has 0 aromatic heterocycles. The SMILES string of the molecule is CC(C)(C)c1ccc(C(=O)Cl)cc1.CCCCCCCOc1ccc(C(=O)Cl)cc1.CCCCCCOc1ccc(C(=O)Cl)cc1.Cc1ccc(C(=O)Cl)cc1.O=C(Cl)c1ccc(-c2ccccc2)cc1.O=C(Cl)c1ccc(C(=O)Cl)cc1.O=C(Cl)c1ccc(C(F)(F)F)cc1. The van der Waals surface area contributed by atoms with Crippen molar-refractivity contribution in [1.29, 1.82) is 0 Å². The Labute approximate surface area is 599 Å². The van der Waals surface area contributed by atoms with Crippen molar-refractivity contribution in [3.05, 3.63) is 261 Å². The van der Waals surface area contributed by atoms with Gasteiger partial charge in [0, 0.05) is 44.5 Å². The standard InChI is InChI=1S/C14H19ClO2.C13H17ClO2.C13H9ClO.C11H13ClO.C8H4Cl2O2.C8H4ClF3O.C8H7ClO/c1-2-3-4-5-6-11-17-13-9-7-12(8-10-13)14(15)16;1-2-3-4-5-10-16-12-8-6-11(7-9-12)13(14)15;14-13(15)12-8-6-11(7-9-12)10-4-2-1-3-5-10;1-11(2,3)9-6-4-8(5-7-9)10(12)13;9-7(11)5-1-2-6(4-3-5)8(10)12;9-7(13)5-1-3-6(4-2-5)8(10,11)12;1-6-2-4-7(5-3-6)8(9)10/h7-10H,2-6,11H2,1H3;6-9H,2-5,10H2,1H3;1-9H;4-7H,1-3H3;1-4H;1-4H;2-5H,1H3. The number of hydrogen-bond donors (Lipinski definition) is 0. The van der Waals surface area contributed by atoms with Gasteiger partial charge in [-0.2, -0.15) is 13.2 Å². The van der Waals surface area contributed by atoms with Crippen molar-refractivity contribution >= 4 is 135 Å². The van der Waals surface area contributed by atoms with Gasteiger partial charge in [0.2, 0.25) is 0 Å². The summed E-state index contributed by atoms with van der Waals surface area (Å²) in [6.45, 7) is 14.2. The number of halogens is 11. The summed E-state index contributed by atoms with van der Waals surface area (Å²) in [4.78, 5) is 85.4. The lowest BCUT2D eigenvalue weighted by atomic mass is 9.87. The van der Waals surface area contributed by atoms with E-state index >= 15 is 0 Å². The van der Waals surface area contributed by atoms with E-state index in [1.54, 1.807) is 84.9 Å². The molecule has 0 heterocycles. The average Bonchev–Trinajstić information content (AvgIpc) is 1.12. The first-order chi connectivity index (χ1) is 45.4. The summed E-state index contributed by atoms with van der Waals surface area (Å²) in [5, 5.41) is -3.97. The minimum Gasteiger partial charge on any atom is -0.494 e. The number of ether oxygens (including phenoxy) is 2. The Kier molecular flexibility index (Phi) is 40.8. The predicted octanol–water partition coefficient (Wildman–Crippen LogP) is 23.4. The van der Waals surface area contributed by atoms with Gasteiger partial charge in [0.15, 0.2) is 0 Å². The molecule has 0 N–H and O–H groups in total. The van der Waals surface area contributed by atoms with Gasteiger partial charge in [0.25, 0.3) is 41.9 Å². The third kappa shape index (κ3) is 35.7. The third-order valence-corrected chi connectivity index (χ3v) is 14.9. The van der Waals surface area contributed by atoms with E-state index in [0.717, 1.165) is 78.5 Å². The fourth-order valence-corrected chi connectivity index (χ4v) is 8.72. The maximum Gasteiger partial charge on any atom is 0.416 e. The van der Waals surface area contributed by atoms with Gasteiger partial charge < -0.3 is 9.47 Å². The first kappa shape index (κ1) is 84.9. The molecule has 0 aliphatic rings. The Morgan fingerprint density at radius 2 is 0.552 bits per heavy atom. The maximum atomic E-state index is 12.0. The van der Waals surface area contributed by atoms with E-state index in [2.05, 4.69) is 34.6 Å². The van der Waals surface area contributed by atoms with Crippen LogP contribution in [0.15, 0.2) is 200 Å². The van der Waals surface area contributed by atoms with Crippen LogP contribution in [0.5, 0.6) is 11.5 Å². The topological polar surface area (TPSA) is 155 Å². The Bertz CT molecular complexity index is 3560. The van der Waals surface area contributed by atoms with Gasteiger partial charge in [0.1, 0.15) is 11.5 Å². The van der Waals surface area contributed by atoms with Crippen molar-refractivity contribution < 1.29 is 61.0 Å². The lowest BCUT2D eigenvalue weighted by Crippen LogP contribution is -2.10. The molecule has 21 heteroatoms. The number of aryl methyl sites for hydroxylation is 1. The molecule has 8 aromatic carbocycles. The quantitative estimate of drug-likeness (QED) is 0.0473. The molecule has 510 valence electrons. The lowest BCUT2D eigenvalue weighted by molar-refractivity contribution is -0.137. The van der Waals surface area contributed by atoms with E-state index < -0.39 is 53.7 Å². The smallest absolute Gasteiger partial charge is 0.416 e. The summed E-state index contributed by atoms with van der Waals surface area (Å²) in [7, 11) is 0. The van der Waals surface area contributed by atoms with Gasteiger partial charge in [-0.15, -0.1) is 0 Å². The summed E-state index contributed by atoms with van der Waals surface area (Å²) < 4.78 is 47.1. The minimum atomic E-state index is -4.38. The zero-order chi connectivity index (χ0) is 71.8. The van der Waals surface area contributed by atoms with Crippen LogP contribution in [-0.4, -0.2) is 55.2 Å². The van der Waals surface area contributed by atoms with Crippen molar-refractivity contribution in [3.63, 3.8) is 0 Å². The lowest BCUT2D eigenvalue weighted by Gasteiger charge is -2.18. The molecule has 0 saturated heterocycles. The van der Waals surface area contributed by atoms with Gasteiger partial charge in [0.05, 0.1) is 18.8 Å². The molecular weight excluding hydrogens is 1400 g/mol. The molecule has 8 rings (SSSR count). The molecule has 0 atom stereocenters.